The number of likely N-dealkylation sites (N-methyl/N-ethyl adjacent to an activating group) is 1. The number of aliphatic hydroxyl groups is 1. The van der Waals surface area contributed by atoms with E-state index in [1.807, 2.05) is 42.3 Å². The first-order valence-corrected chi connectivity index (χ1v) is 5.38. The van der Waals surface area contributed by atoms with Crippen molar-refractivity contribution in [3.05, 3.63) is 36.7 Å². The molecule has 0 unspecified atom stereocenters. The van der Waals surface area contributed by atoms with Crippen LogP contribution < -0.4 is 4.90 Å². The van der Waals surface area contributed by atoms with Crippen molar-refractivity contribution in [2.75, 3.05) is 25.1 Å². The molecule has 0 spiro atoms. The zero-order valence-electron chi connectivity index (χ0n) is 9.61. The summed E-state index contributed by atoms with van der Waals surface area (Å²) in [6, 6.07) is 9.76. The van der Waals surface area contributed by atoms with E-state index in [0.29, 0.717) is 6.54 Å². The van der Waals surface area contributed by atoms with E-state index >= 15 is 0 Å². The molecule has 0 fully saturated rings. The molecule has 0 aliphatic carbocycles. The molecule has 5 heteroatoms. The molecule has 0 aliphatic heterocycles. The van der Waals surface area contributed by atoms with Gasteiger partial charge in [0.25, 0.3) is 0 Å². The van der Waals surface area contributed by atoms with E-state index in [9.17, 15) is 0 Å². The lowest BCUT2D eigenvalue weighted by Gasteiger charge is -2.18. The Morgan fingerprint density at radius 2 is 2.00 bits per heavy atom. The van der Waals surface area contributed by atoms with Crippen LogP contribution in [0.15, 0.2) is 36.7 Å². The molecule has 2 aromatic rings. The molecule has 1 aromatic carbocycles. The van der Waals surface area contributed by atoms with Crippen molar-refractivity contribution in [3.63, 3.8) is 0 Å². The van der Waals surface area contributed by atoms with Crippen LogP contribution in [0.3, 0.4) is 0 Å². The Labute approximate surface area is 99.8 Å². The predicted molar refractivity (Wildman–Crippen MR) is 65.6 cm³/mol. The van der Waals surface area contributed by atoms with Gasteiger partial charge < -0.3 is 10.0 Å². The molecule has 1 heterocycles. The third kappa shape index (κ3) is 2.57. The van der Waals surface area contributed by atoms with Gasteiger partial charge in [-0.1, -0.05) is 30.3 Å². The molecule has 0 bridgehead atoms. The topological polar surface area (TPSA) is 62.1 Å². The fraction of sp³-hybridized carbons (Fsp3) is 0.250. The van der Waals surface area contributed by atoms with Crippen LogP contribution in [0.2, 0.25) is 0 Å². The monoisotopic (exact) mass is 230 g/mol. The van der Waals surface area contributed by atoms with Crippen molar-refractivity contribution < 1.29 is 5.11 Å². The summed E-state index contributed by atoms with van der Waals surface area (Å²) in [6.07, 6.45) is 1.41. The van der Waals surface area contributed by atoms with Crippen LogP contribution in [-0.4, -0.2) is 40.5 Å². The Hall–Kier alpha value is -2.01. The zero-order valence-corrected chi connectivity index (χ0v) is 9.61. The highest BCUT2D eigenvalue weighted by atomic mass is 16.3. The molecule has 0 atom stereocenters. The maximum Gasteiger partial charge on any atom is 0.158 e. The van der Waals surface area contributed by atoms with E-state index < -0.39 is 0 Å². The molecular weight excluding hydrogens is 216 g/mol. The van der Waals surface area contributed by atoms with Gasteiger partial charge in [0.05, 0.1) is 6.61 Å². The number of rotatable bonds is 4. The smallest absolute Gasteiger partial charge is 0.158 e. The highest BCUT2D eigenvalue weighted by Crippen LogP contribution is 2.24. The molecule has 0 radical (unpaired) electrons. The molecule has 1 N–H and O–H groups in total. The molecule has 0 amide bonds. The van der Waals surface area contributed by atoms with Crippen molar-refractivity contribution in [3.8, 4) is 11.3 Å². The largest absolute Gasteiger partial charge is 0.395 e. The van der Waals surface area contributed by atoms with Crippen LogP contribution in [0.25, 0.3) is 11.3 Å². The Morgan fingerprint density at radius 3 is 2.71 bits per heavy atom. The summed E-state index contributed by atoms with van der Waals surface area (Å²) in [6.45, 7) is 0.591. The number of aromatic nitrogens is 3. The molecule has 88 valence electrons. The van der Waals surface area contributed by atoms with Gasteiger partial charge in [0.15, 0.2) is 5.82 Å². The number of hydrogen-bond donors (Lipinski definition) is 1. The minimum absolute atomic E-state index is 0.0781. The average molecular weight is 230 g/mol. The van der Waals surface area contributed by atoms with Crippen LogP contribution >= 0.6 is 0 Å². The quantitative estimate of drug-likeness (QED) is 0.848. The Bertz CT molecular complexity index is 475. The third-order valence-corrected chi connectivity index (χ3v) is 2.45. The lowest BCUT2D eigenvalue weighted by molar-refractivity contribution is 0.304. The number of aliphatic hydroxyl groups excluding tert-OH is 1. The van der Waals surface area contributed by atoms with E-state index in [1.54, 1.807) is 0 Å². The fourth-order valence-electron chi connectivity index (χ4n) is 1.59. The molecule has 0 aliphatic rings. The maximum atomic E-state index is 8.95. The lowest BCUT2D eigenvalue weighted by Crippen LogP contribution is -2.23. The Morgan fingerprint density at radius 1 is 1.24 bits per heavy atom. The van der Waals surface area contributed by atoms with Gasteiger partial charge in [-0.15, -0.1) is 10.2 Å². The van der Waals surface area contributed by atoms with Crippen molar-refractivity contribution in [1.82, 2.24) is 15.2 Å². The van der Waals surface area contributed by atoms with E-state index in [0.717, 1.165) is 17.1 Å². The van der Waals surface area contributed by atoms with E-state index in [2.05, 4.69) is 15.2 Å². The number of nitrogens with zero attached hydrogens (tertiary/aromatic N) is 4. The van der Waals surface area contributed by atoms with Gasteiger partial charge in [-0.05, 0) is 0 Å². The second-order valence-electron chi connectivity index (χ2n) is 3.64. The summed E-state index contributed by atoms with van der Waals surface area (Å²) >= 11 is 0. The van der Waals surface area contributed by atoms with E-state index in [4.69, 9.17) is 5.11 Å². The fourth-order valence-corrected chi connectivity index (χ4v) is 1.59. The summed E-state index contributed by atoms with van der Waals surface area (Å²) in [4.78, 5) is 6.07. The Balaban J connectivity index is 2.41. The van der Waals surface area contributed by atoms with Crippen LogP contribution in [-0.2, 0) is 0 Å². The highest BCUT2D eigenvalue weighted by molar-refractivity contribution is 5.71. The maximum absolute atomic E-state index is 8.95. The second-order valence-corrected chi connectivity index (χ2v) is 3.64. The van der Waals surface area contributed by atoms with Gasteiger partial charge in [-0.3, -0.25) is 0 Å². The normalized spacial score (nSPS) is 10.2. The van der Waals surface area contributed by atoms with Gasteiger partial charge in [0.2, 0.25) is 0 Å². The summed E-state index contributed by atoms with van der Waals surface area (Å²) in [5.74, 6) is 0.722. The standard InChI is InChI=1S/C12H14N4O/c1-16(7-8-17)12-11(15-14-9-13-12)10-5-3-2-4-6-10/h2-6,9,17H,7-8H2,1H3. The highest BCUT2D eigenvalue weighted by Gasteiger charge is 2.11. The molecular formula is C12H14N4O. The van der Waals surface area contributed by atoms with Crippen molar-refractivity contribution >= 4 is 5.82 Å². The van der Waals surface area contributed by atoms with Gasteiger partial charge in [0.1, 0.15) is 12.0 Å². The minimum atomic E-state index is 0.0781. The molecule has 1 aromatic heterocycles. The number of anilines is 1. The average Bonchev–Trinajstić information content (AvgIpc) is 2.40. The van der Waals surface area contributed by atoms with Crippen LogP contribution in [0.5, 0.6) is 0 Å². The van der Waals surface area contributed by atoms with Crippen molar-refractivity contribution in [2.45, 2.75) is 0 Å². The Kier molecular flexibility index (Phi) is 3.62. The summed E-state index contributed by atoms with van der Waals surface area (Å²) in [7, 11) is 1.87. The van der Waals surface area contributed by atoms with E-state index in [-0.39, 0.29) is 6.61 Å². The SMILES string of the molecule is CN(CCO)c1ncnnc1-c1ccccc1. The summed E-state index contributed by atoms with van der Waals surface area (Å²) in [5, 5.41) is 16.9. The van der Waals surface area contributed by atoms with Crippen LogP contribution in [0.1, 0.15) is 0 Å². The molecule has 2 rings (SSSR count). The first-order valence-electron chi connectivity index (χ1n) is 5.38. The first-order chi connectivity index (χ1) is 8.33. The minimum Gasteiger partial charge on any atom is -0.395 e. The van der Waals surface area contributed by atoms with Crippen molar-refractivity contribution in [1.29, 1.82) is 0 Å². The van der Waals surface area contributed by atoms with Crippen LogP contribution in [0.4, 0.5) is 5.82 Å². The second kappa shape index (κ2) is 5.36. The van der Waals surface area contributed by atoms with Crippen LogP contribution in [0, 0.1) is 0 Å². The van der Waals surface area contributed by atoms with E-state index in [1.165, 1.54) is 6.33 Å². The number of benzene rings is 1. The summed E-state index contributed by atoms with van der Waals surface area (Å²) < 4.78 is 0. The molecule has 17 heavy (non-hydrogen) atoms. The lowest BCUT2D eigenvalue weighted by atomic mass is 10.1. The zero-order chi connectivity index (χ0) is 12.1. The summed E-state index contributed by atoms with van der Waals surface area (Å²) in [5.41, 5.74) is 1.69. The third-order valence-electron chi connectivity index (χ3n) is 2.45. The molecule has 5 nitrogen and oxygen atoms in total. The molecule has 0 saturated heterocycles. The number of hydrogen-bond acceptors (Lipinski definition) is 5. The first kappa shape index (κ1) is 11.5. The van der Waals surface area contributed by atoms with Gasteiger partial charge in [-0.2, -0.15) is 0 Å². The van der Waals surface area contributed by atoms with Gasteiger partial charge >= 0.3 is 0 Å². The predicted octanol–water partition coefficient (Wildman–Crippen LogP) is 0.967. The van der Waals surface area contributed by atoms with Gasteiger partial charge in [0, 0.05) is 19.2 Å². The van der Waals surface area contributed by atoms with Gasteiger partial charge in [-0.25, -0.2) is 4.98 Å². The molecule has 0 saturated carbocycles. The van der Waals surface area contributed by atoms with Crippen molar-refractivity contribution in [2.24, 2.45) is 0 Å².